The van der Waals surface area contributed by atoms with Gasteiger partial charge in [0.2, 0.25) is 0 Å². The first-order valence-corrected chi connectivity index (χ1v) is 8.68. The lowest BCUT2D eigenvalue weighted by atomic mass is 10.0. The van der Waals surface area contributed by atoms with Gasteiger partial charge in [-0.05, 0) is 48.9 Å². The summed E-state index contributed by atoms with van der Waals surface area (Å²) in [6.45, 7) is 1.56. The number of amidine groups is 1. The van der Waals surface area contributed by atoms with E-state index in [-0.39, 0.29) is 12.1 Å². The quantitative estimate of drug-likeness (QED) is 0.800. The van der Waals surface area contributed by atoms with Gasteiger partial charge >= 0.3 is 0 Å². The Morgan fingerprint density at radius 3 is 2.78 bits per heavy atom. The summed E-state index contributed by atoms with van der Waals surface area (Å²) in [5.74, 6) is 1.69. The van der Waals surface area contributed by atoms with E-state index in [0.717, 1.165) is 28.4 Å². The van der Waals surface area contributed by atoms with E-state index in [1.54, 1.807) is 20.1 Å². The molecule has 0 saturated carbocycles. The number of Topliss-reactive ketones (excluding diaryl/α,β-unsaturated/α-hetero) is 1. The standard InChI is InChI=1S/C21H20N4O2/c1-14(26)16-5-3-6-17(13-16)22-21-23-20-19(7-4-12-25(20)24-21)15-8-10-18(27-2)11-9-15/h3-13,21-22,24H,1-2H3. The van der Waals surface area contributed by atoms with Gasteiger partial charge in [0.05, 0.1) is 7.11 Å². The van der Waals surface area contributed by atoms with E-state index in [1.165, 1.54) is 0 Å². The Morgan fingerprint density at radius 1 is 1.22 bits per heavy atom. The zero-order valence-electron chi connectivity index (χ0n) is 15.1. The van der Waals surface area contributed by atoms with Gasteiger partial charge in [-0.15, -0.1) is 0 Å². The van der Waals surface area contributed by atoms with Gasteiger partial charge in [0.1, 0.15) is 5.75 Å². The van der Waals surface area contributed by atoms with Crippen LogP contribution in [0.2, 0.25) is 0 Å². The fourth-order valence-corrected chi connectivity index (χ4v) is 3.07. The summed E-state index contributed by atoms with van der Waals surface area (Å²) >= 11 is 0. The van der Waals surface area contributed by atoms with Crippen molar-refractivity contribution in [1.82, 2.24) is 10.4 Å². The SMILES string of the molecule is COc1ccc(C2=CC=CN3NC(Nc4cccc(C(C)=O)c4)N=C23)cc1. The molecule has 0 radical (unpaired) electrons. The van der Waals surface area contributed by atoms with Crippen molar-refractivity contribution in [2.45, 2.75) is 13.2 Å². The summed E-state index contributed by atoms with van der Waals surface area (Å²) in [7, 11) is 1.65. The lowest BCUT2D eigenvalue weighted by Crippen LogP contribution is -2.40. The zero-order chi connectivity index (χ0) is 18.8. The summed E-state index contributed by atoms with van der Waals surface area (Å²) in [5.41, 5.74) is 6.88. The number of allylic oxidation sites excluding steroid dienone is 2. The van der Waals surface area contributed by atoms with Crippen LogP contribution in [-0.2, 0) is 0 Å². The number of methoxy groups -OCH3 is 1. The molecule has 6 nitrogen and oxygen atoms in total. The number of hydrogen-bond acceptors (Lipinski definition) is 6. The monoisotopic (exact) mass is 360 g/mol. The van der Waals surface area contributed by atoms with Crippen molar-refractivity contribution in [2.75, 3.05) is 12.4 Å². The van der Waals surface area contributed by atoms with E-state index in [9.17, 15) is 4.79 Å². The van der Waals surface area contributed by atoms with Gasteiger partial charge in [-0.1, -0.05) is 24.3 Å². The average molecular weight is 360 g/mol. The number of carbonyl (C=O) groups excluding carboxylic acids is 1. The van der Waals surface area contributed by atoms with Crippen LogP contribution in [0.5, 0.6) is 5.75 Å². The molecular formula is C21H20N4O2. The van der Waals surface area contributed by atoms with Crippen LogP contribution in [0.25, 0.3) is 5.57 Å². The van der Waals surface area contributed by atoms with Crippen molar-refractivity contribution in [3.05, 3.63) is 78.0 Å². The van der Waals surface area contributed by atoms with Crippen LogP contribution < -0.4 is 15.5 Å². The van der Waals surface area contributed by atoms with Gasteiger partial charge in [0, 0.05) is 23.0 Å². The van der Waals surface area contributed by atoms with E-state index in [0.29, 0.717) is 5.56 Å². The number of anilines is 1. The van der Waals surface area contributed by atoms with Crippen molar-refractivity contribution in [3.8, 4) is 5.75 Å². The molecular weight excluding hydrogens is 340 g/mol. The average Bonchev–Trinajstić information content (AvgIpc) is 3.10. The summed E-state index contributed by atoms with van der Waals surface area (Å²) < 4.78 is 5.23. The van der Waals surface area contributed by atoms with Crippen molar-refractivity contribution in [1.29, 1.82) is 0 Å². The molecule has 1 unspecified atom stereocenters. The minimum absolute atomic E-state index is 0.0365. The maximum atomic E-state index is 11.6. The molecule has 1 atom stereocenters. The second kappa shape index (κ2) is 7.09. The third-order valence-electron chi connectivity index (χ3n) is 4.45. The molecule has 2 aromatic rings. The molecule has 2 N–H and O–H groups in total. The van der Waals surface area contributed by atoms with Crippen LogP contribution in [0.1, 0.15) is 22.8 Å². The molecule has 0 aliphatic carbocycles. The third kappa shape index (κ3) is 3.47. The van der Waals surface area contributed by atoms with Gasteiger partial charge in [-0.2, -0.15) is 5.43 Å². The van der Waals surface area contributed by atoms with Crippen molar-refractivity contribution < 1.29 is 9.53 Å². The molecule has 4 rings (SSSR count). The number of benzene rings is 2. The van der Waals surface area contributed by atoms with Gasteiger partial charge in [0.25, 0.3) is 0 Å². The number of ketones is 1. The summed E-state index contributed by atoms with van der Waals surface area (Å²) in [6, 6.07) is 15.3. The highest BCUT2D eigenvalue weighted by molar-refractivity contribution is 6.24. The maximum absolute atomic E-state index is 11.6. The highest BCUT2D eigenvalue weighted by Gasteiger charge is 2.27. The topological polar surface area (TPSA) is 66.0 Å². The number of nitrogens with zero attached hydrogens (tertiary/aromatic N) is 2. The van der Waals surface area contributed by atoms with Crippen molar-refractivity contribution in [2.24, 2.45) is 4.99 Å². The molecule has 6 heteroatoms. The van der Waals surface area contributed by atoms with Gasteiger partial charge in [-0.3, -0.25) is 9.80 Å². The molecule has 27 heavy (non-hydrogen) atoms. The molecule has 2 aromatic carbocycles. The first-order valence-electron chi connectivity index (χ1n) is 8.68. The van der Waals surface area contributed by atoms with Crippen molar-refractivity contribution >= 4 is 22.9 Å². The fourth-order valence-electron chi connectivity index (χ4n) is 3.07. The number of fused-ring (bicyclic) bond motifs is 1. The first kappa shape index (κ1) is 17.1. The lowest BCUT2D eigenvalue weighted by Gasteiger charge is -2.22. The number of hydrogen-bond donors (Lipinski definition) is 2. The molecule has 2 aliphatic heterocycles. The van der Waals surface area contributed by atoms with Crippen molar-refractivity contribution in [3.63, 3.8) is 0 Å². The Hall–Kier alpha value is -3.38. The summed E-state index contributed by atoms with van der Waals surface area (Å²) in [5, 5.41) is 5.20. The lowest BCUT2D eigenvalue weighted by molar-refractivity contribution is 0.101. The Morgan fingerprint density at radius 2 is 2.04 bits per heavy atom. The molecule has 0 amide bonds. The van der Waals surface area contributed by atoms with Gasteiger partial charge < -0.3 is 10.1 Å². The predicted octanol–water partition coefficient (Wildman–Crippen LogP) is 3.42. The first-order chi connectivity index (χ1) is 13.1. The fraction of sp³-hybridized carbons (Fsp3) is 0.143. The van der Waals surface area contributed by atoms with E-state index in [4.69, 9.17) is 9.73 Å². The molecule has 0 saturated heterocycles. The van der Waals surface area contributed by atoms with E-state index in [2.05, 4.69) is 10.7 Å². The number of nitrogens with one attached hydrogen (secondary N) is 2. The van der Waals surface area contributed by atoms with E-state index < -0.39 is 0 Å². The second-order valence-electron chi connectivity index (χ2n) is 6.29. The Kier molecular flexibility index (Phi) is 4.48. The van der Waals surface area contributed by atoms with E-state index in [1.807, 2.05) is 65.8 Å². The Bertz CT molecular complexity index is 960. The molecule has 2 heterocycles. The minimum atomic E-state index is -0.327. The number of rotatable bonds is 5. The Balaban J connectivity index is 1.56. The molecule has 0 bridgehead atoms. The smallest absolute Gasteiger partial charge is 0.193 e. The highest BCUT2D eigenvalue weighted by atomic mass is 16.5. The molecule has 136 valence electrons. The highest BCUT2D eigenvalue weighted by Crippen LogP contribution is 2.26. The number of carbonyl (C=O) groups is 1. The van der Waals surface area contributed by atoms with Crippen LogP contribution in [0.15, 0.2) is 71.9 Å². The Labute approximate surface area is 157 Å². The van der Waals surface area contributed by atoms with Crippen LogP contribution in [0, 0.1) is 0 Å². The predicted molar refractivity (Wildman–Crippen MR) is 106 cm³/mol. The van der Waals surface area contributed by atoms with Crippen LogP contribution in [-0.4, -0.2) is 30.0 Å². The summed E-state index contributed by atoms with van der Waals surface area (Å²) in [4.78, 5) is 16.3. The summed E-state index contributed by atoms with van der Waals surface area (Å²) in [6.07, 6.45) is 5.62. The molecule has 0 fully saturated rings. The number of hydrazine groups is 1. The third-order valence-corrected chi connectivity index (χ3v) is 4.45. The van der Waals surface area contributed by atoms with Crippen LogP contribution in [0.3, 0.4) is 0 Å². The zero-order valence-corrected chi connectivity index (χ0v) is 15.1. The molecule has 2 aliphatic rings. The van der Waals surface area contributed by atoms with Crippen LogP contribution in [0.4, 0.5) is 5.69 Å². The van der Waals surface area contributed by atoms with Gasteiger partial charge in [-0.25, -0.2) is 4.99 Å². The molecule has 0 spiro atoms. The second-order valence-corrected chi connectivity index (χ2v) is 6.29. The maximum Gasteiger partial charge on any atom is 0.193 e. The largest absolute Gasteiger partial charge is 0.497 e. The number of aliphatic imine (C=N–C) groups is 1. The normalized spacial score (nSPS) is 17.9. The molecule has 0 aromatic heterocycles. The van der Waals surface area contributed by atoms with Gasteiger partial charge in [0.15, 0.2) is 17.9 Å². The van der Waals surface area contributed by atoms with Crippen LogP contribution >= 0.6 is 0 Å². The van der Waals surface area contributed by atoms with E-state index >= 15 is 0 Å². The minimum Gasteiger partial charge on any atom is -0.497 e. The number of ether oxygens (including phenoxy) is 1.